The maximum Gasteiger partial charge on any atom is 0.265 e. The number of hydrogen-bond acceptors (Lipinski definition) is 3. The lowest BCUT2D eigenvalue weighted by atomic mass is 10.2. The Morgan fingerprint density at radius 3 is 2.63 bits per heavy atom. The molecule has 0 aliphatic heterocycles. The summed E-state index contributed by atoms with van der Waals surface area (Å²) in [7, 11) is 1.57. The number of ether oxygens (including phenoxy) is 1. The summed E-state index contributed by atoms with van der Waals surface area (Å²) in [4.78, 5) is 12.8. The first-order valence-electron chi connectivity index (χ1n) is 5.42. The Morgan fingerprint density at radius 1 is 1.32 bits per heavy atom. The number of benzene rings is 1. The Labute approximate surface area is 132 Å². The van der Waals surface area contributed by atoms with Crippen LogP contribution in [0.15, 0.2) is 32.5 Å². The van der Waals surface area contributed by atoms with Crippen molar-refractivity contribution in [1.29, 1.82) is 0 Å². The van der Waals surface area contributed by atoms with E-state index in [9.17, 15) is 4.79 Å². The van der Waals surface area contributed by atoms with Crippen molar-refractivity contribution in [2.75, 3.05) is 12.4 Å². The number of anilines is 1. The third-order valence-electron chi connectivity index (χ3n) is 2.49. The summed E-state index contributed by atoms with van der Waals surface area (Å²) < 4.78 is 7.08. The lowest BCUT2D eigenvalue weighted by Crippen LogP contribution is -2.11. The van der Waals surface area contributed by atoms with Crippen molar-refractivity contribution in [3.63, 3.8) is 0 Å². The molecule has 2 aromatic rings. The van der Waals surface area contributed by atoms with E-state index in [2.05, 4.69) is 37.2 Å². The van der Waals surface area contributed by atoms with Crippen LogP contribution in [0.5, 0.6) is 5.75 Å². The molecule has 0 unspecified atom stereocenters. The van der Waals surface area contributed by atoms with Crippen molar-refractivity contribution >= 4 is 54.8 Å². The van der Waals surface area contributed by atoms with Gasteiger partial charge in [-0.2, -0.15) is 0 Å². The Bertz CT molecular complexity index is 606. The predicted molar refractivity (Wildman–Crippen MR) is 85.4 cm³/mol. The molecule has 0 aliphatic rings. The van der Waals surface area contributed by atoms with Gasteiger partial charge in [-0.3, -0.25) is 4.79 Å². The third kappa shape index (κ3) is 3.38. The summed E-state index contributed by atoms with van der Waals surface area (Å²) in [5.74, 6) is 0.485. The van der Waals surface area contributed by atoms with Crippen LogP contribution in [0, 0.1) is 6.92 Å². The van der Waals surface area contributed by atoms with Gasteiger partial charge in [0.2, 0.25) is 0 Å². The summed E-state index contributed by atoms with van der Waals surface area (Å²) in [5.41, 5.74) is 1.69. The van der Waals surface area contributed by atoms with Gasteiger partial charge >= 0.3 is 0 Å². The molecule has 100 valence electrons. The monoisotopic (exact) mass is 403 g/mol. The number of nitrogens with one attached hydrogen (secondary N) is 1. The van der Waals surface area contributed by atoms with Gasteiger partial charge in [0.25, 0.3) is 5.91 Å². The fourth-order valence-corrected chi connectivity index (χ4v) is 3.32. The molecule has 1 aromatic heterocycles. The largest absolute Gasteiger partial charge is 0.495 e. The van der Waals surface area contributed by atoms with E-state index in [1.807, 2.05) is 25.1 Å². The average Bonchev–Trinajstić information content (AvgIpc) is 2.70. The van der Waals surface area contributed by atoms with Crippen molar-refractivity contribution < 1.29 is 9.53 Å². The molecule has 0 atom stereocenters. The molecule has 0 aliphatic carbocycles. The number of rotatable bonds is 3. The molecule has 1 amide bonds. The Morgan fingerprint density at radius 2 is 2.05 bits per heavy atom. The molecular formula is C13H11Br2NO2S. The van der Waals surface area contributed by atoms with Crippen molar-refractivity contribution in [2.45, 2.75) is 6.92 Å². The minimum Gasteiger partial charge on any atom is -0.495 e. The van der Waals surface area contributed by atoms with Crippen molar-refractivity contribution in [2.24, 2.45) is 0 Å². The van der Waals surface area contributed by atoms with E-state index in [1.165, 1.54) is 11.3 Å². The van der Waals surface area contributed by atoms with Crippen LogP contribution in [-0.4, -0.2) is 13.0 Å². The average molecular weight is 405 g/mol. The fraction of sp³-hybridized carbons (Fsp3) is 0.154. The van der Waals surface area contributed by atoms with Crippen LogP contribution < -0.4 is 10.1 Å². The number of aryl methyl sites for hydroxylation is 1. The highest BCUT2D eigenvalue weighted by molar-refractivity contribution is 9.11. The molecule has 0 spiro atoms. The highest BCUT2D eigenvalue weighted by Crippen LogP contribution is 2.31. The quantitative estimate of drug-likeness (QED) is 0.794. The fourth-order valence-electron chi connectivity index (χ4n) is 1.53. The Hall–Kier alpha value is -0.850. The number of carbonyl (C=O) groups excluding carboxylic acids is 1. The number of amides is 1. The van der Waals surface area contributed by atoms with Crippen molar-refractivity contribution in [3.8, 4) is 5.75 Å². The molecule has 0 bridgehead atoms. The minimum absolute atomic E-state index is 0.143. The molecule has 0 radical (unpaired) electrons. The zero-order valence-electron chi connectivity index (χ0n) is 10.3. The molecule has 6 heteroatoms. The second-order valence-corrected chi connectivity index (χ2v) is 7.15. The normalized spacial score (nSPS) is 10.3. The molecular weight excluding hydrogens is 394 g/mol. The maximum absolute atomic E-state index is 12.2. The second kappa shape index (κ2) is 6.07. The maximum atomic E-state index is 12.2. The van der Waals surface area contributed by atoms with Gasteiger partial charge in [-0.15, -0.1) is 11.3 Å². The molecule has 0 fully saturated rings. The van der Waals surface area contributed by atoms with Crippen LogP contribution in [0.1, 0.15) is 15.2 Å². The van der Waals surface area contributed by atoms with Gasteiger partial charge in [-0.25, -0.2) is 0 Å². The summed E-state index contributed by atoms with van der Waals surface area (Å²) in [6.07, 6.45) is 0. The number of thiophene rings is 1. The minimum atomic E-state index is -0.143. The molecule has 3 nitrogen and oxygen atoms in total. The van der Waals surface area contributed by atoms with Gasteiger partial charge in [0, 0.05) is 4.47 Å². The van der Waals surface area contributed by atoms with Crippen LogP contribution >= 0.6 is 43.2 Å². The zero-order valence-corrected chi connectivity index (χ0v) is 14.3. The van der Waals surface area contributed by atoms with Gasteiger partial charge in [0.05, 0.1) is 21.5 Å². The topological polar surface area (TPSA) is 38.3 Å². The molecule has 1 aromatic carbocycles. The van der Waals surface area contributed by atoms with Crippen LogP contribution in [0.4, 0.5) is 5.69 Å². The van der Waals surface area contributed by atoms with Crippen LogP contribution in [0.2, 0.25) is 0 Å². The molecule has 2 rings (SSSR count). The van der Waals surface area contributed by atoms with Crippen LogP contribution in [-0.2, 0) is 0 Å². The summed E-state index contributed by atoms with van der Waals surface area (Å²) in [5, 5.41) is 2.85. The van der Waals surface area contributed by atoms with Gasteiger partial charge in [0.1, 0.15) is 5.75 Å². The summed E-state index contributed by atoms with van der Waals surface area (Å²) in [6.45, 7) is 1.96. The van der Waals surface area contributed by atoms with Gasteiger partial charge in [-0.1, -0.05) is 15.9 Å². The third-order valence-corrected chi connectivity index (χ3v) is 5.12. The number of methoxy groups -OCH3 is 1. The van der Waals surface area contributed by atoms with E-state index in [-0.39, 0.29) is 5.91 Å². The molecule has 0 saturated heterocycles. The summed E-state index contributed by atoms with van der Waals surface area (Å²) in [6, 6.07) is 7.33. The highest BCUT2D eigenvalue weighted by Gasteiger charge is 2.13. The molecule has 19 heavy (non-hydrogen) atoms. The predicted octanol–water partition coefficient (Wildman–Crippen LogP) is 4.84. The van der Waals surface area contributed by atoms with E-state index in [0.29, 0.717) is 16.3 Å². The van der Waals surface area contributed by atoms with E-state index in [1.54, 1.807) is 13.2 Å². The zero-order chi connectivity index (χ0) is 14.0. The van der Waals surface area contributed by atoms with Crippen LogP contribution in [0.3, 0.4) is 0 Å². The summed E-state index contributed by atoms with van der Waals surface area (Å²) >= 11 is 8.20. The lowest BCUT2D eigenvalue weighted by Gasteiger charge is -2.09. The SMILES string of the molecule is COc1ccc(Br)cc1NC(=O)c1cc(C)c(Br)s1. The lowest BCUT2D eigenvalue weighted by molar-refractivity contribution is 0.103. The number of halogens is 2. The first kappa shape index (κ1) is 14.6. The molecule has 0 saturated carbocycles. The van der Waals surface area contributed by atoms with E-state index in [4.69, 9.17) is 4.74 Å². The van der Waals surface area contributed by atoms with Gasteiger partial charge in [-0.05, 0) is 52.7 Å². The Kier molecular flexibility index (Phi) is 4.65. The molecule has 1 N–H and O–H groups in total. The van der Waals surface area contributed by atoms with E-state index in [0.717, 1.165) is 13.8 Å². The van der Waals surface area contributed by atoms with Crippen molar-refractivity contribution in [1.82, 2.24) is 0 Å². The van der Waals surface area contributed by atoms with Gasteiger partial charge < -0.3 is 10.1 Å². The number of hydrogen-bond donors (Lipinski definition) is 1. The van der Waals surface area contributed by atoms with E-state index < -0.39 is 0 Å². The van der Waals surface area contributed by atoms with E-state index >= 15 is 0 Å². The Balaban J connectivity index is 2.25. The van der Waals surface area contributed by atoms with Gasteiger partial charge in [0.15, 0.2) is 0 Å². The first-order chi connectivity index (χ1) is 9.01. The van der Waals surface area contributed by atoms with Crippen molar-refractivity contribution in [3.05, 3.63) is 43.0 Å². The smallest absolute Gasteiger partial charge is 0.265 e. The first-order valence-corrected chi connectivity index (χ1v) is 7.82. The highest BCUT2D eigenvalue weighted by atomic mass is 79.9. The standard InChI is InChI=1S/C13H11Br2NO2S/c1-7-5-11(19-12(7)15)13(17)16-9-6-8(14)3-4-10(9)18-2/h3-6H,1-2H3,(H,16,17). The second-order valence-electron chi connectivity index (χ2n) is 3.87. The van der Waals surface area contributed by atoms with Crippen LogP contribution in [0.25, 0.3) is 0 Å². The number of carbonyl (C=O) groups is 1. The molecule has 1 heterocycles.